The Hall–Kier alpha value is -1.35. The van der Waals surface area contributed by atoms with Crippen LogP contribution in [0.3, 0.4) is 0 Å². The molecule has 0 saturated carbocycles. The summed E-state index contributed by atoms with van der Waals surface area (Å²) in [7, 11) is 1.83. The zero-order valence-corrected chi connectivity index (χ0v) is 8.45. The number of aryl methyl sites for hydroxylation is 1. The molecule has 1 atom stereocenters. The summed E-state index contributed by atoms with van der Waals surface area (Å²) in [6.07, 6.45) is 0.0445. The first-order chi connectivity index (χ1) is 6.68. The van der Waals surface area contributed by atoms with Gasteiger partial charge >= 0.3 is 0 Å². The fraction of sp³-hybridized carbons (Fsp3) is 0.364. The molecule has 1 fully saturated rings. The first-order valence-corrected chi connectivity index (χ1v) is 4.74. The van der Waals surface area contributed by atoms with Gasteiger partial charge in [0.15, 0.2) is 0 Å². The summed E-state index contributed by atoms with van der Waals surface area (Å²) >= 11 is 0. The van der Waals surface area contributed by atoms with E-state index in [9.17, 15) is 4.79 Å². The van der Waals surface area contributed by atoms with Crippen LogP contribution in [0, 0.1) is 6.92 Å². The van der Waals surface area contributed by atoms with Crippen molar-refractivity contribution in [1.29, 1.82) is 0 Å². The molecule has 3 nitrogen and oxygen atoms in total. The second-order valence-electron chi connectivity index (χ2n) is 3.70. The molecule has 1 heterocycles. The van der Waals surface area contributed by atoms with Gasteiger partial charge < -0.3 is 4.90 Å². The number of carbonyl (C=O) groups is 1. The van der Waals surface area contributed by atoms with Crippen molar-refractivity contribution in [2.75, 3.05) is 13.6 Å². The third kappa shape index (κ3) is 1.51. The van der Waals surface area contributed by atoms with Gasteiger partial charge in [-0.3, -0.25) is 10.1 Å². The van der Waals surface area contributed by atoms with E-state index in [1.54, 1.807) is 4.90 Å². The van der Waals surface area contributed by atoms with Gasteiger partial charge in [0.25, 0.3) is 0 Å². The molecule has 0 radical (unpaired) electrons. The minimum atomic E-state index is 0.0445. The van der Waals surface area contributed by atoms with Crippen LogP contribution in [0.15, 0.2) is 24.3 Å². The predicted octanol–water partition coefficient (Wildman–Crippen LogP) is 1.06. The van der Waals surface area contributed by atoms with Crippen molar-refractivity contribution in [1.82, 2.24) is 10.2 Å². The van der Waals surface area contributed by atoms with E-state index >= 15 is 0 Å². The average molecular weight is 190 g/mol. The molecule has 1 saturated heterocycles. The molecule has 1 unspecified atom stereocenters. The summed E-state index contributed by atoms with van der Waals surface area (Å²) in [5.74, 6) is 0.149. The Morgan fingerprint density at radius 2 is 2.00 bits per heavy atom. The van der Waals surface area contributed by atoms with Gasteiger partial charge in [0.2, 0.25) is 5.91 Å². The Balaban J connectivity index is 2.23. The van der Waals surface area contributed by atoms with Gasteiger partial charge in [-0.2, -0.15) is 0 Å². The molecule has 0 aromatic heterocycles. The van der Waals surface area contributed by atoms with Crippen molar-refractivity contribution in [2.45, 2.75) is 13.1 Å². The Morgan fingerprint density at radius 3 is 2.50 bits per heavy atom. The topological polar surface area (TPSA) is 32.3 Å². The highest BCUT2D eigenvalue weighted by Gasteiger charge is 2.27. The molecule has 0 spiro atoms. The van der Waals surface area contributed by atoms with Gasteiger partial charge in [0, 0.05) is 7.05 Å². The molecule has 1 N–H and O–H groups in total. The first kappa shape index (κ1) is 9.21. The van der Waals surface area contributed by atoms with E-state index in [0.29, 0.717) is 6.54 Å². The van der Waals surface area contributed by atoms with Crippen LogP contribution in [0.25, 0.3) is 0 Å². The minimum absolute atomic E-state index is 0.0445. The Labute approximate surface area is 83.7 Å². The van der Waals surface area contributed by atoms with E-state index in [1.807, 2.05) is 7.05 Å². The van der Waals surface area contributed by atoms with Gasteiger partial charge in [-0.05, 0) is 12.5 Å². The maximum atomic E-state index is 11.3. The highest BCUT2D eigenvalue weighted by atomic mass is 16.2. The minimum Gasteiger partial charge on any atom is -0.325 e. The molecule has 1 aromatic carbocycles. The number of amides is 1. The summed E-state index contributed by atoms with van der Waals surface area (Å²) in [6.45, 7) is 2.50. The third-order valence-corrected chi connectivity index (χ3v) is 2.62. The molecule has 3 heteroatoms. The van der Waals surface area contributed by atoms with Crippen molar-refractivity contribution in [2.24, 2.45) is 0 Å². The molecular formula is C11H14N2O. The van der Waals surface area contributed by atoms with Gasteiger partial charge in [0.1, 0.15) is 6.17 Å². The van der Waals surface area contributed by atoms with Crippen LogP contribution in [0.2, 0.25) is 0 Å². The fourth-order valence-electron chi connectivity index (χ4n) is 1.68. The lowest BCUT2D eigenvalue weighted by Gasteiger charge is -2.19. The molecule has 1 amide bonds. The summed E-state index contributed by atoms with van der Waals surface area (Å²) in [6, 6.07) is 8.24. The molecule has 0 aliphatic carbocycles. The molecule has 1 aliphatic heterocycles. The lowest BCUT2D eigenvalue weighted by Crippen LogP contribution is -2.25. The normalized spacial score (nSPS) is 21.7. The number of hydrogen-bond acceptors (Lipinski definition) is 2. The lowest BCUT2D eigenvalue weighted by molar-refractivity contribution is -0.126. The van der Waals surface area contributed by atoms with Crippen LogP contribution in [-0.4, -0.2) is 24.4 Å². The maximum absolute atomic E-state index is 11.3. The average Bonchev–Trinajstić information content (AvgIpc) is 2.50. The number of hydrogen-bond donors (Lipinski definition) is 1. The molecule has 0 bridgehead atoms. The van der Waals surface area contributed by atoms with Crippen LogP contribution in [0.5, 0.6) is 0 Å². The third-order valence-electron chi connectivity index (χ3n) is 2.62. The largest absolute Gasteiger partial charge is 0.325 e. The molecule has 2 rings (SSSR count). The zero-order valence-electron chi connectivity index (χ0n) is 8.45. The first-order valence-electron chi connectivity index (χ1n) is 4.74. The van der Waals surface area contributed by atoms with E-state index in [0.717, 1.165) is 5.56 Å². The van der Waals surface area contributed by atoms with E-state index in [-0.39, 0.29) is 12.1 Å². The monoisotopic (exact) mass is 190 g/mol. The van der Waals surface area contributed by atoms with Gasteiger partial charge in [-0.25, -0.2) is 0 Å². The van der Waals surface area contributed by atoms with E-state index in [2.05, 4.69) is 36.5 Å². The lowest BCUT2D eigenvalue weighted by atomic mass is 10.1. The predicted molar refractivity (Wildman–Crippen MR) is 54.7 cm³/mol. The van der Waals surface area contributed by atoms with Crippen molar-refractivity contribution >= 4 is 5.91 Å². The van der Waals surface area contributed by atoms with Gasteiger partial charge in [-0.1, -0.05) is 29.8 Å². The molecule has 1 aliphatic rings. The Bertz CT molecular complexity index is 345. The molecule has 14 heavy (non-hydrogen) atoms. The van der Waals surface area contributed by atoms with Crippen LogP contribution in [0.1, 0.15) is 17.3 Å². The second-order valence-corrected chi connectivity index (χ2v) is 3.70. The molecule has 1 aromatic rings. The van der Waals surface area contributed by atoms with Gasteiger partial charge in [0.05, 0.1) is 6.54 Å². The number of likely N-dealkylation sites (N-methyl/N-ethyl adjacent to an activating group) is 1. The number of carbonyl (C=O) groups excluding carboxylic acids is 1. The van der Waals surface area contributed by atoms with Crippen molar-refractivity contribution in [3.8, 4) is 0 Å². The number of nitrogens with one attached hydrogen (secondary N) is 1. The zero-order chi connectivity index (χ0) is 10.1. The van der Waals surface area contributed by atoms with E-state index in [1.165, 1.54) is 5.56 Å². The van der Waals surface area contributed by atoms with Crippen molar-refractivity contribution in [3.63, 3.8) is 0 Å². The second kappa shape index (κ2) is 3.42. The quantitative estimate of drug-likeness (QED) is 0.718. The highest BCUT2D eigenvalue weighted by molar-refractivity contribution is 5.80. The summed E-state index contributed by atoms with van der Waals surface area (Å²) in [4.78, 5) is 13.0. The van der Waals surface area contributed by atoms with E-state index < -0.39 is 0 Å². The molecule has 74 valence electrons. The summed E-state index contributed by atoms with van der Waals surface area (Å²) in [5, 5.41) is 3.17. The fourth-order valence-corrected chi connectivity index (χ4v) is 1.68. The summed E-state index contributed by atoms with van der Waals surface area (Å²) in [5.41, 5.74) is 2.38. The van der Waals surface area contributed by atoms with Crippen LogP contribution in [0.4, 0.5) is 0 Å². The number of rotatable bonds is 1. The number of nitrogens with zero attached hydrogens (tertiary/aromatic N) is 1. The summed E-state index contributed by atoms with van der Waals surface area (Å²) < 4.78 is 0. The Morgan fingerprint density at radius 1 is 1.36 bits per heavy atom. The number of benzene rings is 1. The highest BCUT2D eigenvalue weighted by Crippen LogP contribution is 2.20. The van der Waals surface area contributed by atoms with Crippen LogP contribution < -0.4 is 5.32 Å². The Kier molecular flexibility index (Phi) is 2.25. The van der Waals surface area contributed by atoms with Crippen molar-refractivity contribution in [3.05, 3.63) is 35.4 Å². The molecular weight excluding hydrogens is 176 g/mol. The maximum Gasteiger partial charge on any atom is 0.237 e. The SMILES string of the molecule is Cc1ccc(C2NCC(=O)N2C)cc1. The van der Waals surface area contributed by atoms with Crippen molar-refractivity contribution < 1.29 is 4.79 Å². The van der Waals surface area contributed by atoms with Crippen LogP contribution in [-0.2, 0) is 4.79 Å². The smallest absolute Gasteiger partial charge is 0.237 e. The van der Waals surface area contributed by atoms with Gasteiger partial charge in [-0.15, -0.1) is 0 Å². The van der Waals surface area contributed by atoms with Crippen LogP contribution >= 0.6 is 0 Å². The van der Waals surface area contributed by atoms with E-state index in [4.69, 9.17) is 0 Å². The standard InChI is InChI=1S/C11H14N2O/c1-8-3-5-9(6-4-8)11-12-7-10(14)13(11)2/h3-6,11-12H,7H2,1-2H3.